The molecule has 27 heavy (non-hydrogen) atoms. The van der Waals surface area contributed by atoms with Gasteiger partial charge in [-0.15, -0.1) is 0 Å². The summed E-state index contributed by atoms with van der Waals surface area (Å²) < 4.78 is 31.7. The van der Waals surface area contributed by atoms with E-state index in [0.717, 1.165) is 12.0 Å². The molecule has 0 fully saturated rings. The standard InChI is InChI=1S/C15H21NO3S.C2HF3O2/c1-15(2)11-8-10(17)4-3-9(11)7-12(14(15)16)20-6-5-13(18)19;3-2(4,5)1(6)7/h3-4,8,12,14,17H,5-7,16H2,1-2H3,(H,18,19);(H,6,7)/t12-,14+;/m1./s1. The van der Waals surface area contributed by atoms with Crippen molar-refractivity contribution in [3.63, 3.8) is 0 Å². The third kappa shape index (κ3) is 6.31. The molecule has 0 saturated heterocycles. The fourth-order valence-corrected chi connectivity index (χ4v) is 4.23. The highest BCUT2D eigenvalue weighted by Crippen LogP contribution is 2.41. The van der Waals surface area contributed by atoms with E-state index in [0.29, 0.717) is 5.75 Å². The quantitative estimate of drug-likeness (QED) is 0.603. The van der Waals surface area contributed by atoms with Gasteiger partial charge in [0.1, 0.15) is 5.75 Å². The molecule has 1 aromatic rings. The number of alkyl halides is 3. The lowest BCUT2D eigenvalue weighted by atomic mass is 9.69. The molecule has 0 unspecified atom stereocenters. The van der Waals surface area contributed by atoms with Crippen molar-refractivity contribution in [3.8, 4) is 5.75 Å². The second-order valence-electron chi connectivity index (χ2n) is 6.65. The molecule has 2 atom stereocenters. The number of benzene rings is 1. The van der Waals surface area contributed by atoms with Crippen LogP contribution in [0.4, 0.5) is 13.2 Å². The van der Waals surface area contributed by atoms with Crippen LogP contribution < -0.4 is 5.73 Å². The van der Waals surface area contributed by atoms with Crippen molar-refractivity contribution in [1.29, 1.82) is 0 Å². The van der Waals surface area contributed by atoms with Crippen LogP contribution in [0.2, 0.25) is 0 Å². The molecular weight excluding hydrogens is 387 g/mol. The second-order valence-corrected chi connectivity index (χ2v) is 8.00. The molecule has 0 aliphatic heterocycles. The van der Waals surface area contributed by atoms with Gasteiger partial charge in [-0.05, 0) is 29.7 Å². The second kappa shape index (κ2) is 8.83. The molecule has 152 valence electrons. The van der Waals surface area contributed by atoms with E-state index < -0.39 is 18.1 Å². The lowest BCUT2D eigenvalue weighted by molar-refractivity contribution is -0.192. The number of hydrogen-bond acceptors (Lipinski definition) is 5. The van der Waals surface area contributed by atoms with Crippen LogP contribution >= 0.6 is 11.8 Å². The Bertz CT molecular complexity index is 694. The maximum atomic E-state index is 10.6. The van der Waals surface area contributed by atoms with Gasteiger partial charge in [0.05, 0.1) is 6.42 Å². The van der Waals surface area contributed by atoms with E-state index in [4.69, 9.17) is 20.7 Å². The molecule has 0 spiro atoms. The van der Waals surface area contributed by atoms with Crippen molar-refractivity contribution in [1.82, 2.24) is 0 Å². The van der Waals surface area contributed by atoms with E-state index in [1.807, 2.05) is 6.07 Å². The van der Waals surface area contributed by atoms with Gasteiger partial charge in [0, 0.05) is 22.5 Å². The zero-order chi connectivity index (χ0) is 21.0. The Hall–Kier alpha value is -1.94. The highest BCUT2D eigenvalue weighted by molar-refractivity contribution is 8.00. The third-order valence-electron chi connectivity index (χ3n) is 4.33. The van der Waals surface area contributed by atoms with E-state index in [-0.39, 0.29) is 28.9 Å². The van der Waals surface area contributed by atoms with Crippen LogP contribution in [0.25, 0.3) is 0 Å². The minimum atomic E-state index is -5.08. The van der Waals surface area contributed by atoms with Crippen LogP contribution in [0.3, 0.4) is 0 Å². The Balaban J connectivity index is 0.000000445. The zero-order valence-electron chi connectivity index (χ0n) is 14.8. The first-order valence-corrected chi connectivity index (χ1v) is 9.03. The molecule has 5 N–H and O–H groups in total. The number of aliphatic carboxylic acids is 2. The van der Waals surface area contributed by atoms with Gasteiger partial charge in [-0.3, -0.25) is 4.79 Å². The molecule has 1 aliphatic carbocycles. The van der Waals surface area contributed by atoms with E-state index in [1.165, 1.54) is 5.56 Å². The summed E-state index contributed by atoms with van der Waals surface area (Å²) in [5.74, 6) is -2.68. The molecule has 1 aliphatic rings. The average Bonchev–Trinajstić information content (AvgIpc) is 2.52. The number of carboxylic acids is 2. The Kier molecular flexibility index (Phi) is 7.56. The van der Waals surface area contributed by atoms with Crippen molar-refractivity contribution in [2.75, 3.05) is 5.75 Å². The van der Waals surface area contributed by atoms with Crippen LogP contribution in [0, 0.1) is 0 Å². The summed E-state index contributed by atoms with van der Waals surface area (Å²) in [5, 5.41) is 25.7. The Morgan fingerprint density at radius 2 is 1.85 bits per heavy atom. The van der Waals surface area contributed by atoms with Gasteiger partial charge in [0.15, 0.2) is 0 Å². The van der Waals surface area contributed by atoms with Crippen LogP contribution in [0.15, 0.2) is 18.2 Å². The van der Waals surface area contributed by atoms with Crippen molar-refractivity contribution < 1.29 is 38.1 Å². The number of rotatable bonds is 4. The largest absolute Gasteiger partial charge is 0.508 e. The normalized spacial score (nSPS) is 20.8. The predicted molar refractivity (Wildman–Crippen MR) is 95.0 cm³/mol. The van der Waals surface area contributed by atoms with Crippen LogP contribution in [0.5, 0.6) is 5.75 Å². The SMILES string of the molecule is CC1(C)c2cc(O)ccc2C[C@@H](SCCC(=O)O)[C@@H]1N.O=C(O)C(F)(F)F. The summed E-state index contributed by atoms with van der Waals surface area (Å²) in [5.41, 5.74) is 8.45. The minimum absolute atomic E-state index is 0.0596. The number of phenols is 1. The summed E-state index contributed by atoms with van der Waals surface area (Å²) in [7, 11) is 0. The molecule has 0 aromatic heterocycles. The molecule has 6 nitrogen and oxygen atoms in total. The fourth-order valence-electron chi connectivity index (χ4n) is 2.79. The number of fused-ring (bicyclic) bond motifs is 1. The number of phenolic OH excluding ortho intramolecular Hbond substituents is 1. The third-order valence-corrected chi connectivity index (χ3v) is 5.66. The zero-order valence-corrected chi connectivity index (χ0v) is 15.6. The Morgan fingerprint density at radius 3 is 2.33 bits per heavy atom. The Labute approximate surface area is 158 Å². The smallest absolute Gasteiger partial charge is 0.490 e. The minimum Gasteiger partial charge on any atom is -0.508 e. The predicted octanol–water partition coefficient (Wildman–Crippen LogP) is 2.76. The maximum Gasteiger partial charge on any atom is 0.490 e. The fraction of sp³-hybridized carbons (Fsp3) is 0.529. The summed E-state index contributed by atoms with van der Waals surface area (Å²) in [6, 6.07) is 5.39. The van der Waals surface area contributed by atoms with Gasteiger partial charge in [-0.1, -0.05) is 19.9 Å². The first-order valence-electron chi connectivity index (χ1n) is 7.98. The van der Waals surface area contributed by atoms with Crippen molar-refractivity contribution in [3.05, 3.63) is 29.3 Å². The average molecular weight is 409 g/mol. The van der Waals surface area contributed by atoms with Crippen LogP contribution in [-0.2, 0) is 21.4 Å². The lowest BCUT2D eigenvalue weighted by Gasteiger charge is -2.43. The van der Waals surface area contributed by atoms with Crippen molar-refractivity contribution in [2.45, 2.75) is 49.6 Å². The van der Waals surface area contributed by atoms with Gasteiger partial charge in [-0.25, -0.2) is 4.79 Å². The lowest BCUT2D eigenvalue weighted by Crippen LogP contribution is -2.52. The molecule has 1 aromatic carbocycles. The van der Waals surface area contributed by atoms with Gasteiger partial charge < -0.3 is 21.1 Å². The number of carboxylic acid groups (broad SMARTS) is 2. The molecular formula is C17H22F3NO5S. The van der Waals surface area contributed by atoms with Gasteiger partial charge in [-0.2, -0.15) is 24.9 Å². The summed E-state index contributed by atoms with van der Waals surface area (Å²) in [6.07, 6.45) is -4.10. The molecule has 0 amide bonds. The van der Waals surface area contributed by atoms with E-state index >= 15 is 0 Å². The van der Waals surface area contributed by atoms with Crippen LogP contribution in [0.1, 0.15) is 31.4 Å². The molecule has 0 radical (unpaired) electrons. The van der Waals surface area contributed by atoms with Crippen LogP contribution in [-0.4, -0.2) is 50.5 Å². The first kappa shape index (κ1) is 23.1. The molecule has 10 heteroatoms. The number of nitrogens with two attached hydrogens (primary N) is 1. The molecule has 2 rings (SSSR count). The summed E-state index contributed by atoms with van der Waals surface area (Å²) in [4.78, 5) is 19.5. The van der Waals surface area contributed by atoms with E-state index in [9.17, 15) is 23.1 Å². The monoisotopic (exact) mass is 409 g/mol. The van der Waals surface area contributed by atoms with Gasteiger partial charge in [0.25, 0.3) is 0 Å². The number of carbonyl (C=O) groups is 2. The maximum absolute atomic E-state index is 10.6. The van der Waals surface area contributed by atoms with Gasteiger partial charge >= 0.3 is 18.1 Å². The number of halogens is 3. The topological polar surface area (TPSA) is 121 Å². The summed E-state index contributed by atoms with van der Waals surface area (Å²) in [6.45, 7) is 4.17. The molecule has 0 heterocycles. The number of thioether (sulfide) groups is 1. The highest BCUT2D eigenvalue weighted by Gasteiger charge is 2.40. The first-order chi connectivity index (χ1) is 12.3. The van der Waals surface area contributed by atoms with Crippen molar-refractivity contribution >= 4 is 23.7 Å². The molecule has 0 bridgehead atoms. The number of aromatic hydroxyl groups is 1. The summed E-state index contributed by atoms with van der Waals surface area (Å²) >= 11 is 1.64. The molecule has 0 saturated carbocycles. The van der Waals surface area contributed by atoms with E-state index in [1.54, 1.807) is 23.9 Å². The van der Waals surface area contributed by atoms with Gasteiger partial charge in [0.2, 0.25) is 0 Å². The van der Waals surface area contributed by atoms with Crippen molar-refractivity contribution in [2.24, 2.45) is 5.73 Å². The number of hydrogen-bond donors (Lipinski definition) is 4. The Morgan fingerprint density at radius 1 is 1.30 bits per heavy atom. The highest BCUT2D eigenvalue weighted by atomic mass is 32.2. The van der Waals surface area contributed by atoms with E-state index in [2.05, 4.69) is 13.8 Å².